The Morgan fingerprint density at radius 1 is 0.345 bits per heavy atom. The van der Waals surface area contributed by atoms with Crippen LogP contribution in [0.3, 0.4) is 0 Å². The topological polar surface area (TPSA) is 38.7 Å². The molecule has 0 spiro atoms. The van der Waals surface area contributed by atoms with Crippen LogP contribution in [-0.2, 0) is 5.41 Å². The number of hydrogen-bond acceptors (Lipinski definition) is 3. The first kappa shape index (κ1) is 31.5. The Hall–Kier alpha value is -6.97. The highest BCUT2D eigenvalue weighted by molar-refractivity contribution is 6.25. The van der Waals surface area contributed by atoms with Crippen molar-refractivity contribution in [3.05, 3.63) is 187 Å². The first-order valence-corrected chi connectivity index (χ1v) is 18.9. The quantitative estimate of drug-likeness (QED) is 0.168. The molecule has 0 aliphatic heterocycles. The van der Waals surface area contributed by atoms with Gasteiger partial charge in [-0.25, -0.2) is 15.0 Å². The summed E-state index contributed by atoms with van der Waals surface area (Å²) in [5, 5.41) is 7.80. The molecule has 9 aromatic carbocycles. The Bertz CT molecular complexity index is 3020. The van der Waals surface area contributed by atoms with E-state index in [4.69, 9.17) is 15.0 Å². The van der Waals surface area contributed by atoms with Crippen molar-refractivity contribution in [2.45, 2.75) is 19.3 Å². The van der Waals surface area contributed by atoms with E-state index in [0.717, 1.165) is 27.8 Å². The molecule has 0 saturated heterocycles. The molecule has 55 heavy (non-hydrogen) atoms. The predicted molar refractivity (Wildman–Crippen MR) is 228 cm³/mol. The van der Waals surface area contributed by atoms with Crippen molar-refractivity contribution in [1.29, 1.82) is 0 Å². The molecule has 11 rings (SSSR count). The molecule has 0 N–H and O–H groups in total. The van der Waals surface area contributed by atoms with Gasteiger partial charge in [-0.2, -0.15) is 0 Å². The van der Waals surface area contributed by atoms with Crippen molar-refractivity contribution in [3.63, 3.8) is 0 Å². The van der Waals surface area contributed by atoms with Gasteiger partial charge < -0.3 is 0 Å². The summed E-state index contributed by atoms with van der Waals surface area (Å²) in [6.07, 6.45) is 0. The average Bonchev–Trinajstić information content (AvgIpc) is 3.48. The number of rotatable bonds is 5. The molecule has 3 heteroatoms. The van der Waals surface area contributed by atoms with E-state index in [1.54, 1.807) is 0 Å². The molecular formula is C52H35N3. The van der Waals surface area contributed by atoms with E-state index in [1.165, 1.54) is 65.7 Å². The maximum atomic E-state index is 5.25. The predicted octanol–water partition coefficient (Wildman–Crippen LogP) is 13.4. The maximum Gasteiger partial charge on any atom is 0.164 e. The van der Waals surface area contributed by atoms with E-state index in [9.17, 15) is 0 Å². The van der Waals surface area contributed by atoms with Crippen LogP contribution < -0.4 is 0 Å². The molecule has 0 atom stereocenters. The average molecular weight is 702 g/mol. The third-order valence-corrected chi connectivity index (χ3v) is 11.7. The second kappa shape index (κ2) is 12.0. The zero-order chi connectivity index (χ0) is 36.7. The number of hydrogen-bond donors (Lipinski definition) is 0. The molecule has 1 aromatic heterocycles. The van der Waals surface area contributed by atoms with Gasteiger partial charge in [-0.3, -0.25) is 0 Å². The lowest BCUT2D eigenvalue weighted by molar-refractivity contribution is 0.661. The summed E-state index contributed by atoms with van der Waals surface area (Å²) in [6.45, 7) is 4.73. The van der Waals surface area contributed by atoms with Gasteiger partial charge in [-0.1, -0.05) is 172 Å². The van der Waals surface area contributed by atoms with Gasteiger partial charge in [0.15, 0.2) is 17.5 Å². The van der Waals surface area contributed by atoms with E-state index < -0.39 is 0 Å². The highest BCUT2D eigenvalue weighted by Crippen LogP contribution is 2.54. The number of nitrogens with zero attached hydrogens (tertiary/aromatic N) is 3. The molecule has 10 aromatic rings. The lowest BCUT2D eigenvalue weighted by Crippen LogP contribution is -2.15. The summed E-state index contributed by atoms with van der Waals surface area (Å²) in [5.74, 6) is 1.98. The first-order chi connectivity index (χ1) is 27.0. The van der Waals surface area contributed by atoms with Crippen molar-refractivity contribution >= 4 is 32.3 Å². The fourth-order valence-corrected chi connectivity index (χ4v) is 8.91. The van der Waals surface area contributed by atoms with Crippen molar-refractivity contribution < 1.29 is 0 Å². The van der Waals surface area contributed by atoms with Gasteiger partial charge in [0.05, 0.1) is 0 Å². The summed E-state index contributed by atoms with van der Waals surface area (Å²) < 4.78 is 0. The van der Waals surface area contributed by atoms with Crippen LogP contribution in [0.4, 0.5) is 0 Å². The summed E-state index contributed by atoms with van der Waals surface area (Å²) >= 11 is 0. The minimum atomic E-state index is -0.290. The van der Waals surface area contributed by atoms with Crippen molar-refractivity contribution in [1.82, 2.24) is 15.0 Å². The van der Waals surface area contributed by atoms with Gasteiger partial charge >= 0.3 is 0 Å². The zero-order valence-electron chi connectivity index (χ0n) is 30.6. The molecule has 0 radical (unpaired) electrons. The largest absolute Gasteiger partial charge is 0.208 e. The van der Waals surface area contributed by atoms with Gasteiger partial charge in [0.1, 0.15) is 0 Å². The maximum absolute atomic E-state index is 5.25. The van der Waals surface area contributed by atoms with Gasteiger partial charge in [0.2, 0.25) is 0 Å². The minimum Gasteiger partial charge on any atom is -0.208 e. The molecule has 0 unspecified atom stereocenters. The van der Waals surface area contributed by atoms with Crippen LogP contribution in [0, 0.1) is 0 Å². The van der Waals surface area contributed by atoms with Gasteiger partial charge in [0, 0.05) is 22.1 Å². The van der Waals surface area contributed by atoms with Gasteiger partial charge in [-0.15, -0.1) is 0 Å². The van der Waals surface area contributed by atoms with Crippen LogP contribution in [0.2, 0.25) is 0 Å². The molecule has 0 fully saturated rings. The standard InChI is InChI=1S/C52H35N3/c1-52(2)44-30-38(40-26-23-35-22-21-33-19-12-20-34-24-27-41(40)47(35)46(33)34)25-28-42(44)48-43(29-39(31-45(48)52)32-13-6-3-7-14-32)51-54-49(36-15-8-4-9-16-36)53-50(55-51)37-17-10-5-11-18-37/h3-31H,1-2H3. The van der Waals surface area contributed by atoms with Crippen LogP contribution in [-0.4, -0.2) is 15.0 Å². The fourth-order valence-electron chi connectivity index (χ4n) is 8.91. The lowest BCUT2D eigenvalue weighted by Gasteiger charge is -2.23. The number of fused-ring (bicyclic) bond motifs is 3. The molecular weight excluding hydrogens is 667 g/mol. The van der Waals surface area contributed by atoms with Crippen LogP contribution in [0.15, 0.2) is 176 Å². The highest BCUT2D eigenvalue weighted by Gasteiger charge is 2.38. The Kier molecular flexibility index (Phi) is 6.90. The smallest absolute Gasteiger partial charge is 0.164 e. The van der Waals surface area contributed by atoms with E-state index >= 15 is 0 Å². The zero-order valence-corrected chi connectivity index (χ0v) is 30.6. The third kappa shape index (κ3) is 4.93. The second-order valence-corrected chi connectivity index (χ2v) is 15.2. The monoisotopic (exact) mass is 701 g/mol. The molecule has 1 heterocycles. The summed E-state index contributed by atoms with van der Waals surface area (Å²) in [6, 6.07) is 63.2. The van der Waals surface area contributed by atoms with Crippen LogP contribution in [0.1, 0.15) is 25.0 Å². The van der Waals surface area contributed by atoms with E-state index in [-0.39, 0.29) is 5.41 Å². The molecule has 1 aliphatic carbocycles. The minimum absolute atomic E-state index is 0.290. The number of aromatic nitrogens is 3. The van der Waals surface area contributed by atoms with Crippen LogP contribution >= 0.6 is 0 Å². The van der Waals surface area contributed by atoms with Gasteiger partial charge in [-0.05, 0) is 95.0 Å². The molecule has 0 saturated carbocycles. The van der Waals surface area contributed by atoms with Crippen molar-refractivity contribution in [2.75, 3.05) is 0 Å². The molecule has 0 bridgehead atoms. The molecule has 258 valence electrons. The van der Waals surface area contributed by atoms with Crippen LogP contribution in [0.25, 0.3) is 99.9 Å². The van der Waals surface area contributed by atoms with Crippen molar-refractivity contribution in [3.8, 4) is 67.5 Å². The van der Waals surface area contributed by atoms with Crippen molar-refractivity contribution in [2.24, 2.45) is 0 Å². The number of benzene rings is 9. The second-order valence-electron chi connectivity index (χ2n) is 15.2. The molecule has 0 amide bonds. The lowest BCUT2D eigenvalue weighted by atomic mass is 9.80. The molecule has 1 aliphatic rings. The third-order valence-electron chi connectivity index (χ3n) is 11.7. The Morgan fingerprint density at radius 2 is 0.873 bits per heavy atom. The van der Waals surface area contributed by atoms with Crippen LogP contribution in [0.5, 0.6) is 0 Å². The SMILES string of the molecule is CC1(C)c2cc(-c3ccc4ccc5cccc6ccc3c4c56)ccc2-c2c(-c3nc(-c4ccccc4)nc(-c4ccccc4)n3)cc(-c3ccccc3)cc21. The van der Waals surface area contributed by atoms with E-state index in [2.05, 4.69) is 153 Å². The van der Waals surface area contributed by atoms with Gasteiger partial charge in [0.25, 0.3) is 0 Å². The Balaban J connectivity index is 1.15. The van der Waals surface area contributed by atoms with E-state index in [0.29, 0.717) is 17.5 Å². The summed E-state index contributed by atoms with van der Waals surface area (Å²) in [7, 11) is 0. The molecule has 3 nitrogen and oxygen atoms in total. The first-order valence-electron chi connectivity index (χ1n) is 18.9. The van der Waals surface area contributed by atoms with E-state index in [1.807, 2.05) is 36.4 Å². The Labute approximate surface area is 320 Å². The normalized spacial score (nSPS) is 13.1. The highest BCUT2D eigenvalue weighted by atomic mass is 15.0. The summed E-state index contributed by atoms with van der Waals surface area (Å²) in [4.78, 5) is 15.5. The summed E-state index contributed by atoms with van der Waals surface area (Å²) in [5.41, 5.74) is 12.4. The fraction of sp³-hybridized carbons (Fsp3) is 0.0577. The Morgan fingerprint density at radius 3 is 1.53 bits per heavy atom.